The average molecular weight is 271 g/mol. The molecule has 0 atom stereocenters. The zero-order valence-electron chi connectivity index (χ0n) is 11.6. The van der Waals surface area contributed by atoms with E-state index in [0.29, 0.717) is 6.54 Å². The van der Waals surface area contributed by atoms with E-state index in [4.69, 9.17) is 16.7 Å². The smallest absolute Gasteiger partial charge is 0.0606 e. The molecule has 4 heteroatoms. The normalized spacial score (nSPS) is 11.7. The van der Waals surface area contributed by atoms with Gasteiger partial charge in [0.1, 0.15) is 0 Å². The van der Waals surface area contributed by atoms with Gasteiger partial charge in [-0.3, -0.25) is 0 Å². The number of nitrogens with one attached hydrogen (secondary N) is 1. The fraction of sp³-hybridized carbons (Fsp3) is 0.571. The minimum Gasteiger partial charge on any atom is -0.395 e. The zero-order chi connectivity index (χ0) is 13.8. The van der Waals surface area contributed by atoms with Crippen molar-refractivity contribution in [3.05, 3.63) is 28.8 Å². The molecule has 1 aromatic rings. The van der Waals surface area contributed by atoms with Crippen molar-refractivity contribution in [1.82, 2.24) is 5.32 Å². The minimum atomic E-state index is 0.0790. The monoisotopic (exact) mass is 270 g/mol. The molecule has 0 bridgehead atoms. The number of anilines is 1. The average Bonchev–Trinajstić information content (AvgIpc) is 2.26. The van der Waals surface area contributed by atoms with E-state index in [0.717, 1.165) is 22.8 Å². The molecule has 0 spiro atoms. The van der Waals surface area contributed by atoms with Gasteiger partial charge in [-0.2, -0.15) is 0 Å². The first kappa shape index (κ1) is 15.3. The maximum absolute atomic E-state index is 8.91. The summed E-state index contributed by atoms with van der Waals surface area (Å²) in [5.41, 5.74) is 2.19. The molecule has 0 unspecified atom stereocenters. The van der Waals surface area contributed by atoms with Crippen LogP contribution in [0.2, 0.25) is 5.02 Å². The first-order chi connectivity index (χ1) is 8.33. The van der Waals surface area contributed by atoms with Crippen LogP contribution in [0, 0.1) is 0 Å². The van der Waals surface area contributed by atoms with Gasteiger partial charge >= 0.3 is 0 Å². The highest BCUT2D eigenvalue weighted by molar-refractivity contribution is 6.31. The predicted molar refractivity (Wildman–Crippen MR) is 78.4 cm³/mol. The summed E-state index contributed by atoms with van der Waals surface area (Å²) < 4.78 is 0. The molecular weight excluding hydrogens is 248 g/mol. The minimum absolute atomic E-state index is 0.0790. The van der Waals surface area contributed by atoms with Crippen molar-refractivity contribution in [2.75, 3.05) is 25.1 Å². The molecular formula is C14H23ClN2O. The molecule has 1 aromatic carbocycles. The summed E-state index contributed by atoms with van der Waals surface area (Å²) >= 11 is 6.27. The second-order valence-electron chi connectivity index (χ2n) is 5.52. The molecule has 0 fully saturated rings. The Bertz CT molecular complexity index is 388. The van der Waals surface area contributed by atoms with Crippen LogP contribution in [0.15, 0.2) is 18.2 Å². The molecule has 0 aliphatic heterocycles. The third-order valence-electron chi connectivity index (χ3n) is 2.72. The number of aliphatic hydroxyl groups excluding tert-OH is 1. The molecule has 3 nitrogen and oxygen atoms in total. The Labute approximate surface area is 115 Å². The molecule has 18 heavy (non-hydrogen) atoms. The number of hydrogen-bond donors (Lipinski definition) is 2. The Hall–Kier alpha value is -0.770. The van der Waals surface area contributed by atoms with Crippen molar-refractivity contribution < 1.29 is 5.11 Å². The Morgan fingerprint density at radius 1 is 1.33 bits per heavy atom. The predicted octanol–water partition coefficient (Wildman–Crippen LogP) is 2.66. The van der Waals surface area contributed by atoms with Gasteiger partial charge in [-0.1, -0.05) is 17.7 Å². The Kier molecular flexibility index (Phi) is 5.45. The van der Waals surface area contributed by atoms with Crippen LogP contribution in [0.3, 0.4) is 0 Å². The van der Waals surface area contributed by atoms with E-state index in [1.165, 1.54) is 0 Å². The molecule has 0 amide bonds. The third-order valence-corrected chi connectivity index (χ3v) is 3.07. The molecule has 102 valence electrons. The summed E-state index contributed by atoms with van der Waals surface area (Å²) in [6.45, 7) is 7.89. The van der Waals surface area contributed by atoms with Crippen LogP contribution in [-0.4, -0.2) is 30.8 Å². The summed E-state index contributed by atoms with van der Waals surface area (Å²) in [6, 6.07) is 6.00. The van der Waals surface area contributed by atoms with E-state index in [-0.39, 0.29) is 12.1 Å². The van der Waals surface area contributed by atoms with Gasteiger partial charge in [-0.15, -0.1) is 0 Å². The van der Waals surface area contributed by atoms with Crippen LogP contribution >= 0.6 is 11.6 Å². The number of rotatable bonds is 5. The van der Waals surface area contributed by atoms with E-state index < -0.39 is 0 Å². The van der Waals surface area contributed by atoms with Crippen LogP contribution in [0.1, 0.15) is 26.3 Å². The van der Waals surface area contributed by atoms with Gasteiger partial charge in [0.15, 0.2) is 0 Å². The highest BCUT2D eigenvalue weighted by Crippen LogP contribution is 2.23. The number of halogens is 1. The number of benzene rings is 1. The summed E-state index contributed by atoms with van der Waals surface area (Å²) in [5, 5.41) is 13.1. The number of nitrogens with zero attached hydrogens (tertiary/aromatic N) is 1. The first-order valence-electron chi connectivity index (χ1n) is 6.19. The van der Waals surface area contributed by atoms with Gasteiger partial charge in [0.2, 0.25) is 0 Å². The van der Waals surface area contributed by atoms with Crippen LogP contribution in [-0.2, 0) is 6.54 Å². The van der Waals surface area contributed by atoms with Gasteiger partial charge in [0.25, 0.3) is 0 Å². The topological polar surface area (TPSA) is 35.5 Å². The van der Waals surface area contributed by atoms with Crippen molar-refractivity contribution in [2.45, 2.75) is 32.9 Å². The van der Waals surface area contributed by atoms with Gasteiger partial charge in [0.05, 0.1) is 6.61 Å². The van der Waals surface area contributed by atoms with E-state index in [2.05, 4.69) is 26.1 Å². The molecule has 0 heterocycles. The molecule has 1 rings (SSSR count). The Morgan fingerprint density at radius 3 is 2.50 bits per heavy atom. The highest BCUT2D eigenvalue weighted by atomic mass is 35.5. The lowest BCUT2D eigenvalue weighted by Gasteiger charge is -2.22. The van der Waals surface area contributed by atoms with Crippen molar-refractivity contribution >= 4 is 17.3 Å². The summed E-state index contributed by atoms with van der Waals surface area (Å²) in [5.74, 6) is 0. The van der Waals surface area contributed by atoms with Gasteiger partial charge in [0, 0.05) is 36.4 Å². The van der Waals surface area contributed by atoms with Crippen LogP contribution < -0.4 is 10.2 Å². The van der Waals surface area contributed by atoms with Crippen LogP contribution in [0.4, 0.5) is 5.69 Å². The number of likely N-dealkylation sites (N-methyl/N-ethyl adjacent to an activating group) is 1. The second kappa shape index (κ2) is 6.41. The quantitative estimate of drug-likeness (QED) is 0.864. The van der Waals surface area contributed by atoms with Gasteiger partial charge in [-0.05, 0) is 38.5 Å². The molecule has 0 saturated heterocycles. The van der Waals surface area contributed by atoms with Crippen molar-refractivity contribution in [3.63, 3.8) is 0 Å². The standard InChI is InChI=1S/C14H23ClN2O/c1-14(2,3)16-10-11-5-6-12(9-13(11)15)17(4)7-8-18/h5-6,9,16,18H,7-8,10H2,1-4H3. The lowest BCUT2D eigenvalue weighted by molar-refractivity contribution is 0.304. The highest BCUT2D eigenvalue weighted by Gasteiger charge is 2.10. The van der Waals surface area contributed by atoms with Crippen molar-refractivity contribution in [3.8, 4) is 0 Å². The zero-order valence-corrected chi connectivity index (χ0v) is 12.4. The maximum Gasteiger partial charge on any atom is 0.0606 e. The molecule has 0 radical (unpaired) electrons. The SMILES string of the molecule is CN(CCO)c1ccc(CNC(C)(C)C)c(Cl)c1. The number of aliphatic hydroxyl groups is 1. The van der Waals surface area contributed by atoms with Crippen LogP contribution in [0.5, 0.6) is 0 Å². The Morgan fingerprint density at radius 2 is 2.00 bits per heavy atom. The molecule has 2 N–H and O–H groups in total. The molecule has 0 saturated carbocycles. The maximum atomic E-state index is 8.91. The Balaban J connectivity index is 2.73. The summed E-state index contributed by atoms with van der Waals surface area (Å²) in [4.78, 5) is 1.98. The summed E-state index contributed by atoms with van der Waals surface area (Å²) in [6.07, 6.45) is 0. The fourth-order valence-electron chi connectivity index (χ4n) is 1.56. The van der Waals surface area contributed by atoms with Gasteiger partial charge < -0.3 is 15.3 Å². The lowest BCUT2D eigenvalue weighted by atomic mass is 10.1. The lowest BCUT2D eigenvalue weighted by Crippen LogP contribution is -2.35. The summed E-state index contributed by atoms with van der Waals surface area (Å²) in [7, 11) is 1.94. The van der Waals surface area contributed by atoms with Crippen molar-refractivity contribution in [2.24, 2.45) is 0 Å². The third kappa shape index (κ3) is 4.84. The van der Waals surface area contributed by atoms with E-state index in [1.807, 2.05) is 30.1 Å². The molecule has 0 aliphatic carbocycles. The van der Waals surface area contributed by atoms with Gasteiger partial charge in [-0.25, -0.2) is 0 Å². The largest absolute Gasteiger partial charge is 0.395 e. The molecule has 0 aliphatic rings. The first-order valence-corrected chi connectivity index (χ1v) is 6.57. The number of hydrogen-bond acceptors (Lipinski definition) is 3. The van der Waals surface area contributed by atoms with E-state index >= 15 is 0 Å². The fourth-order valence-corrected chi connectivity index (χ4v) is 1.80. The van der Waals surface area contributed by atoms with E-state index in [1.54, 1.807) is 0 Å². The van der Waals surface area contributed by atoms with Crippen molar-refractivity contribution in [1.29, 1.82) is 0 Å². The van der Waals surface area contributed by atoms with Crippen LogP contribution in [0.25, 0.3) is 0 Å². The van der Waals surface area contributed by atoms with E-state index in [9.17, 15) is 0 Å². The second-order valence-corrected chi connectivity index (χ2v) is 5.93. The molecule has 0 aromatic heterocycles.